The van der Waals surface area contributed by atoms with Crippen LogP contribution in [0.5, 0.6) is 5.75 Å². The number of benzene rings is 2. The summed E-state index contributed by atoms with van der Waals surface area (Å²) in [6.07, 6.45) is 2.40. The number of hydrogen-bond acceptors (Lipinski definition) is 7. The second-order valence-electron chi connectivity index (χ2n) is 8.84. The first-order valence-electron chi connectivity index (χ1n) is 11.7. The minimum atomic E-state index is -4.52. The van der Waals surface area contributed by atoms with Gasteiger partial charge < -0.3 is 20.6 Å². The molecule has 1 amide bonds. The largest absolute Gasteiger partial charge is 0.478 e. The monoisotopic (exact) mass is 595 g/mol. The van der Waals surface area contributed by atoms with E-state index in [4.69, 9.17) is 43.8 Å². The smallest absolute Gasteiger partial charge is 0.272 e. The molecule has 13 heteroatoms. The first-order valence-corrected chi connectivity index (χ1v) is 14.0. The van der Waals surface area contributed by atoms with Crippen molar-refractivity contribution < 1.29 is 31.3 Å². The van der Waals surface area contributed by atoms with Gasteiger partial charge >= 0.3 is 0 Å². The summed E-state index contributed by atoms with van der Waals surface area (Å²) in [4.78, 5) is 16.1. The van der Waals surface area contributed by atoms with Crippen molar-refractivity contribution in [3.05, 3.63) is 75.3 Å². The van der Waals surface area contributed by atoms with Gasteiger partial charge in [0.1, 0.15) is 17.2 Å². The van der Waals surface area contributed by atoms with Crippen LogP contribution in [-0.4, -0.2) is 23.9 Å². The van der Waals surface area contributed by atoms with E-state index in [9.17, 15) is 22.2 Å². The maximum absolute atomic E-state index is 14.1. The number of nitrogen functional groups attached to an aromatic ring is 1. The number of halogens is 3. The van der Waals surface area contributed by atoms with Crippen molar-refractivity contribution in [3.63, 3.8) is 0 Å². The van der Waals surface area contributed by atoms with Crippen LogP contribution >= 0.6 is 23.2 Å². The van der Waals surface area contributed by atoms with Crippen LogP contribution in [0.1, 0.15) is 59.5 Å². The lowest BCUT2D eigenvalue weighted by atomic mass is 9.93. The number of nitrogens with zero attached hydrogens (tertiary/aromatic N) is 1. The summed E-state index contributed by atoms with van der Waals surface area (Å²) in [7, 11) is -4.52. The molecule has 2 aromatic carbocycles. The average molecular weight is 596 g/mol. The molecule has 0 saturated heterocycles. The SMILES string of the molecule is CCCC(c1ccc(C(N)=O)cc1-c1coc2c(O[C@H](C)c3c(Cl)ccc(F)c3Cl)c(N)ncc12)S(=O)(=O)O. The van der Waals surface area contributed by atoms with Crippen molar-refractivity contribution in [2.75, 3.05) is 5.73 Å². The molecule has 206 valence electrons. The van der Waals surface area contributed by atoms with E-state index >= 15 is 0 Å². The lowest BCUT2D eigenvalue weighted by Gasteiger charge is -2.19. The summed E-state index contributed by atoms with van der Waals surface area (Å²) in [5.74, 6) is -1.46. The zero-order valence-corrected chi connectivity index (χ0v) is 23.1. The number of hydrogen-bond donors (Lipinski definition) is 3. The van der Waals surface area contributed by atoms with Crippen LogP contribution in [0, 0.1) is 5.82 Å². The molecule has 4 aromatic rings. The standard InChI is InChI=1S/C26H24Cl2FN3O6S/c1-3-4-20(39(34,35)36)14-6-5-13(26(31)33)9-15(14)17-11-37-23-16(17)10-32-25(30)24(23)38-12(2)21-18(27)7-8-19(29)22(21)28/h5-12,20H,3-4H2,1-2H3,(H2,30,32)(H2,31,33)(H,34,35,36)/t12-,20?/m1/s1. The number of furan rings is 1. The zero-order chi connectivity index (χ0) is 28.6. The Morgan fingerprint density at radius 3 is 2.59 bits per heavy atom. The van der Waals surface area contributed by atoms with Crippen LogP contribution in [0.4, 0.5) is 10.2 Å². The van der Waals surface area contributed by atoms with Gasteiger partial charge in [-0.1, -0.05) is 42.6 Å². The molecule has 0 saturated carbocycles. The molecular formula is C26H24Cl2FN3O6S. The summed E-state index contributed by atoms with van der Waals surface area (Å²) in [6, 6.07) is 6.71. The Hall–Kier alpha value is -3.38. The average Bonchev–Trinajstić information content (AvgIpc) is 3.30. The number of pyridine rings is 1. The number of anilines is 1. The number of fused-ring (bicyclic) bond motifs is 1. The molecule has 0 aliphatic rings. The van der Waals surface area contributed by atoms with E-state index in [1.807, 2.05) is 0 Å². The molecule has 39 heavy (non-hydrogen) atoms. The molecule has 0 aliphatic heterocycles. The second kappa shape index (κ2) is 11.0. The van der Waals surface area contributed by atoms with Crippen molar-refractivity contribution >= 4 is 56.0 Å². The Kier molecular flexibility index (Phi) is 8.08. The molecule has 2 heterocycles. The van der Waals surface area contributed by atoms with Gasteiger partial charge in [-0.05, 0) is 48.7 Å². The normalized spacial score (nSPS) is 13.4. The van der Waals surface area contributed by atoms with Crippen molar-refractivity contribution in [1.82, 2.24) is 4.98 Å². The van der Waals surface area contributed by atoms with Gasteiger partial charge in [0.05, 0.1) is 16.7 Å². The number of ether oxygens (including phenoxy) is 1. The molecule has 2 aromatic heterocycles. The molecule has 0 spiro atoms. The van der Waals surface area contributed by atoms with Gasteiger partial charge in [0, 0.05) is 27.9 Å². The fourth-order valence-electron chi connectivity index (χ4n) is 4.40. The Morgan fingerprint density at radius 1 is 1.23 bits per heavy atom. The lowest BCUT2D eigenvalue weighted by Crippen LogP contribution is -2.15. The van der Waals surface area contributed by atoms with Gasteiger partial charge in [-0.25, -0.2) is 9.37 Å². The third-order valence-corrected chi connectivity index (χ3v) is 8.19. The molecule has 4 rings (SSSR count). The predicted octanol–water partition coefficient (Wildman–Crippen LogP) is 6.49. The number of nitrogens with two attached hydrogens (primary N) is 2. The van der Waals surface area contributed by atoms with Crippen LogP contribution in [0.2, 0.25) is 10.0 Å². The minimum Gasteiger partial charge on any atom is -0.478 e. The molecule has 0 aliphatic carbocycles. The van der Waals surface area contributed by atoms with Crippen LogP contribution in [0.15, 0.2) is 47.2 Å². The lowest BCUT2D eigenvalue weighted by molar-refractivity contribution is 0.1000. The summed E-state index contributed by atoms with van der Waals surface area (Å²) < 4.78 is 60.5. The topological polar surface area (TPSA) is 159 Å². The van der Waals surface area contributed by atoms with E-state index in [0.29, 0.717) is 17.4 Å². The Morgan fingerprint density at radius 2 is 1.95 bits per heavy atom. The van der Waals surface area contributed by atoms with Crippen molar-refractivity contribution in [2.45, 2.75) is 38.0 Å². The third-order valence-electron chi connectivity index (χ3n) is 6.27. The Bertz CT molecular complexity index is 1690. The highest BCUT2D eigenvalue weighted by Crippen LogP contribution is 2.44. The van der Waals surface area contributed by atoms with Crippen LogP contribution in [-0.2, 0) is 10.1 Å². The highest BCUT2D eigenvalue weighted by molar-refractivity contribution is 7.86. The maximum atomic E-state index is 14.1. The highest BCUT2D eigenvalue weighted by Gasteiger charge is 2.30. The minimum absolute atomic E-state index is 0.00939. The number of aromatic nitrogens is 1. The van der Waals surface area contributed by atoms with Crippen molar-refractivity contribution in [2.24, 2.45) is 5.73 Å². The fourth-order valence-corrected chi connectivity index (χ4v) is 6.14. The van der Waals surface area contributed by atoms with Crippen molar-refractivity contribution in [1.29, 1.82) is 0 Å². The summed E-state index contributed by atoms with van der Waals surface area (Å²) in [5.41, 5.74) is 12.9. The molecule has 0 fully saturated rings. The molecule has 9 nitrogen and oxygen atoms in total. The summed E-state index contributed by atoms with van der Waals surface area (Å²) >= 11 is 12.4. The number of rotatable bonds is 9. The molecule has 2 atom stereocenters. The third kappa shape index (κ3) is 5.53. The van der Waals surface area contributed by atoms with Crippen molar-refractivity contribution in [3.8, 4) is 16.9 Å². The van der Waals surface area contributed by atoms with E-state index in [1.165, 1.54) is 36.7 Å². The molecule has 0 radical (unpaired) electrons. The van der Waals surface area contributed by atoms with Crippen LogP contribution < -0.4 is 16.2 Å². The number of carbonyl (C=O) groups is 1. The van der Waals surface area contributed by atoms with Gasteiger partial charge in [0.2, 0.25) is 11.7 Å². The number of amides is 1. The first-order chi connectivity index (χ1) is 18.3. The van der Waals surface area contributed by atoms with Gasteiger partial charge in [-0.3, -0.25) is 9.35 Å². The van der Waals surface area contributed by atoms with E-state index in [-0.39, 0.29) is 55.9 Å². The highest BCUT2D eigenvalue weighted by atomic mass is 35.5. The maximum Gasteiger partial charge on any atom is 0.272 e. The second-order valence-corrected chi connectivity index (χ2v) is 11.2. The van der Waals surface area contributed by atoms with Gasteiger partial charge in [-0.15, -0.1) is 0 Å². The number of carbonyl (C=O) groups excluding carboxylic acids is 1. The first kappa shape index (κ1) is 28.6. The predicted molar refractivity (Wildman–Crippen MR) is 147 cm³/mol. The van der Waals surface area contributed by atoms with E-state index < -0.39 is 33.2 Å². The van der Waals surface area contributed by atoms with Gasteiger partial charge in [0.25, 0.3) is 10.1 Å². The molecule has 5 N–H and O–H groups in total. The Balaban J connectivity index is 1.90. The van der Waals surface area contributed by atoms with E-state index in [1.54, 1.807) is 13.8 Å². The van der Waals surface area contributed by atoms with Crippen LogP contribution in [0.25, 0.3) is 22.1 Å². The Labute approximate surface area is 233 Å². The quantitative estimate of drug-likeness (QED) is 0.146. The summed E-state index contributed by atoms with van der Waals surface area (Å²) in [5, 5.41) is -0.961. The van der Waals surface area contributed by atoms with E-state index in [0.717, 1.165) is 6.07 Å². The van der Waals surface area contributed by atoms with Gasteiger partial charge in [0.15, 0.2) is 11.4 Å². The fraction of sp³-hybridized carbons (Fsp3) is 0.231. The molecule has 1 unspecified atom stereocenters. The molecule has 0 bridgehead atoms. The van der Waals surface area contributed by atoms with Gasteiger partial charge in [-0.2, -0.15) is 8.42 Å². The zero-order valence-electron chi connectivity index (χ0n) is 20.7. The summed E-state index contributed by atoms with van der Waals surface area (Å²) in [6.45, 7) is 3.36. The van der Waals surface area contributed by atoms with Crippen LogP contribution in [0.3, 0.4) is 0 Å². The number of primary amides is 1. The molecular weight excluding hydrogens is 572 g/mol. The van der Waals surface area contributed by atoms with E-state index in [2.05, 4.69) is 4.98 Å².